The van der Waals surface area contributed by atoms with Crippen molar-refractivity contribution in [2.75, 3.05) is 52.1 Å². The number of amides is 1. The van der Waals surface area contributed by atoms with Gasteiger partial charge in [0.1, 0.15) is 11.5 Å². The maximum absolute atomic E-state index is 13.0. The van der Waals surface area contributed by atoms with Gasteiger partial charge in [-0.05, 0) is 94.1 Å². The number of likely N-dealkylation sites (N-methyl/N-ethyl adjacent to an activating group) is 1. The summed E-state index contributed by atoms with van der Waals surface area (Å²) in [5.74, 6) is 0.564. The molecule has 0 saturated carbocycles. The first-order chi connectivity index (χ1) is 18.9. The highest BCUT2D eigenvalue weighted by molar-refractivity contribution is 5.92. The van der Waals surface area contributed by atoms with Gasteiger partial charge in [0.05, 0.1) is 12.1 Å². The second kappa shape index (κ2) is 13.9. The van der Waals surface area contributed by atoms with E-state index in [9.17, 15) is 9.59 Å². The lowest BCUT2D eigenvalue weighted by molar-refractivity contribution is -0.118. The van der Waals surface area contributed by atoms with Crippen LogP contribution in [-0.4, -0.2) is 84.5 Å². The van der Waals surface area contributed by atoms with Crippen molar-refractivity contribution in [3.8, 4) is 11.5 Å². The van der Waals surface area contributed by atoms with Crippen LogP contribution in [0.4, 0.5) is 5.69 Å². The van der Waals surface area contributed by atoms with Crippen molar-refractivity contribution in [1.29, 1.82) is 0 Å². The van der Waals surface area contributed by atoms with Crippen LogP contribution >= 0.6 is 0 Å². The lowest BCUT2D eigenvalue weighted by atomic mass is 10.0. The zero-order chi connectivity index (χ0) is 27.6. The van der Waals surface area contributed by atoms with Crippen molar-refractivity contribution in [3.63, 3.8) is 0 Å². The predicted molar refractivity (Wildman–Crippen MR) is 153 cm³/mol. The molecule has 1 saturated heterocycles. The number of carboxylic acid groups (broad SMARTS) is 1. The average Bonchev–Trinajstić information content (AvgIpc) is 2.93. The van der Waals surface area contributed by atoms with Crippen LogP contribution in [0.5, 0.6) is 11.5 Å². The zero-order valence-corrected chi connectivity index (χ0v) is 22.8. The molecule has 0 bridgehead atoms. The molecule has 1 fully saturated rings. The van der Waals surface area contributed by atoms with Crippen molar-refractivity contribution in [2.45, 2.75) is 25.4 Å². The molecule has 1 amide bonds. The summed E-state index contributed by atoms with van der Waals surface area (Å²) in [4.78, 5) is 31.0. The Morgan fingerprint density at radius 3 is 2.15 bits per heavy atom. The van der Waals surface area contributed by atoms with Gasteiger partial charge in [-0.15, -0.1) is 0 Å². The first kappa shape index (κ1) is 28.3. The van der Waals surface area contributed by atoms with Gasteiger partial charge >= 0.3 is 5.97 Å². The van der Waals surface area contributed by atoms with Gasteiger partial charge in [-0.2, -0.15) is 0 Å². The Morgan fingerprint density at radius 2 is 1.54 bits per heavy atom. The number of aromatic carboxylic acids is 1. The van der Waals surface area contributed by atoms with Crippen LogP contribution in [0.2, 0.25) is 0 Å². The maximum Gasteiger partial charge on any atom is 0.335 e. The standard InChI is InChI=1S/C31H38N4O4/c1-33(2)20-21-35(27-16-18-34(19-17-27)22-24-8-10-25(11-9-24)31(37)38)23-30(36)32-26-12-14-29(15-13-26)39-28-6-4-3-5-7-28/h3-15,27H,16-23H2,1-2H3,(H,32,36)(H,37,38). The lowest BCUT2D eigenvalue weighted by Crippen LogP contribution is -2.49. The van der Waals surface area contributed by atoms with Gasteiger partial charge in [-0.3, -0.25) is 14.6 Å². The smallest absolute Gasteiger partial charge is 0.335 e. The van der Waals surface area contributed by atoms with Crippen LogP contribution in [0.15, 0.2) is 78.9 Å². The predicted octanol–water partition coefficient (Wildman–Crippen LogP) is 4.64. The van der Waals surface area contributed by atoms with E-state index in [1.165, 1.54) is 0 Å². The van der Waals surface area contributed by atoms with Crippen molar-refractivity contribution in [1.82, 2.24) is 14.7 Å². The molecule has 1 heterocycles. The van der Waals surface area contributed by atoms with E-state index in [1.54, 1.807) is 12.1 Å². The van der Waals surface area contributed by atoms with Gasteiger partial charge in [-0.1, -0.05) is 30.3 Å². The van der Waals surface area contributed by atoms with E-state index in [4.69, 9.17) is 9.84 Å². The Hall–Kier alpha value is -3.72. The minimum absolute atomic E-state index is 0.0218. The number of nitrogens with one attached hydrogen (secondary N) is 1. The van der Waals surface area contributed by atoms with Crippen molar-refractivity contribution in [2.24, 2.45) is 0 Å². The normalized spacial score (nSPS) is 14.5. The summed E-state index contributed by atoms with van der Waals surface area (Å²) in [7, 11) is 4.10. The first-order valence-electron chi connectivity index (χ1n) is 13.4. The van der Waals surface area contributed by atoms with Gasteiger partial charge in [0.2, 0.25) is 5.91 Å². The molecular formula is C31H38N4O4. The fourth-order valence-corrected chi connectivity index (χ4v) is 4.79. The van der Waals surface area contributed by atoms with Gasteiger partial charge in [0, 0.05) is 31.4 Å². The molecule has 0 unspecified atom stereocenters. The Morgan fingerprint density at radius 1 is 0.897 bits per heavy atom. The Bertz CT molecular complexity index is 1190. The number of nitrogens with zero attached hydrogens (tertiary/aromatic N) is 3. The highest BCUT2D eigenvalue weighted by Gasteiger charge is 2.26. The molecule has 8 heteroatoms. The fourth-order valence-electron chi connectivity index (χ4n) is 4.79. The van der Waals surface area contributed by atoms with E-state index in [-0.39, 0.29) is 5.91 Å². The largest absolute Gasteiger partial charge is 0.478 e. The number of hydrogen-bond acceptors (Lipinski definition) is 6. The quantitative estimate of drug-likeness (QED) is 0.353. The van der Waals surface area contributed by atoms with E-state index in [0.29, 0.717) is 18.2 Å². The third-order valence-electron chi connectivity index (χ3n) is 6.98. The molecule has 0 aliphatic carbocycles. The van der Waals surface area contributed by atoms with Crippen LogP contribution in [0.25, 0.3) is 0 Å². The van der Waals surface area contributed by atoms with Crippen LogP contribution in [0, 0.1) is 0 Å². The molecule has 1 aliphatic rings. The topological polar surface area (TPSA) is 85.4 Å². The number of para-hydroxylation sites is 1. The number of likely N-dealkylation sites (tertiary alicyclic amines) is 1. The number of carbonyl (C=O) groups is 2. The molecule has 4 rings (SSSR count). The third-order valence-corrected chi connectivity index (χ3v) is 6.98. The van der Waals surface area contributed by atoms with E-state index in [2.05, 4.69) is 34.1 Å². The van der Waals surface area contributed by atoms with Crippen LogP contribution in [0.3, 0.4) is 0 Å². The van der Waals surface area contributed by atoms with E-state index in [1.807, 2.05) is 66.7 Å². The van der Waals surface area contributed by atoms with Gasteiger partial charge in [0.25, 0.3) is 0 Å². The molecule has 1 aliphatic heterocycles. The molecule has 2 N–H and O–H groups in total. The van der Waals surface area contributed by atoms with Crippen molar-refractivity contribution < 1.29 is 19.4 Å². The number of carbonyl (C=O) groups excluding carboxylic acids is 1. The highest BCUT2D eigenvalue weighted by Crippen LogP contribution is 2.23. The number of carboxylic acids is 1. The highest BCUT2D eigenvalue weighted by atomic mass is 16.5. The molecule has 39 heavy (non-hydrogen) atoms. The summed E-state index contributed by atoms with van der Waals surface area (Å²) in [6, 6.07) is 24.5. The number of piperidine rings is 1. The van der Waals surface area contributed by atoms with E-state index in [0.717, 1.165) is 68.3 Å². The van der Waals surface area contributed by atoms with Crippen LogP contribution < -0.4 is 10.1 Å². The summed E-state index contributed by atoms with van der Waals surface area (Å²) >= 11 is 0. The second-order valence-electron chi connectivity index (χ2n) is 10.3. The van der Waals surface area contributed by atoms with Crippen LogP contribution in [0.1, 0.15) is 28.8 Å². The van der Waals surface area contributed by atoms with Crippen LogP contribution in [-0.2, 0) is 11.3 Å². The Labute approximate surface area is 230 Å². The Kier molecular flexibility index (Phi) is 10.1. The first-order valence-corrected chi connectivity index (χ1v) is 13.4. The summed E-state index contributed by atoms with van der Waals surface area (Å²) in [5.41, 5.74) is 2.17. The van der Waals surface area contributed by atoms with E-state index >= 15 is 0 Å². The number of anilines is 1. The number of benzene rings is 3. The monoisotopic (exact) mass is 530 g/mol. The molecule has 0 radical (unpaired) electrons. The third kappa shape index (κ3) is 8.92. The molecule has 8 nitrogen and oxygen atoms in total. The fraction of sp³-hybridized carbons (Fsp3) is 0.355. The number of ether oxygens (including phenoxy) is 1. The lowest BCUT2D eigenvalue weighted by Gasteiger charge is -2.38. The molecular weight excluding hydrogens is 492 g/mol. The minimum Gasteiger partial charge on any atom is -0.478 e. The molecule has 206 valence electrons. The summed E-state index contributed by atoms with van der Waals surface area (Å²) in [5, 5.41) is 12.2. The van der Waals surface area contributed by atoms with Gasteiger partial charge in [-0.25, -0.2) is 4.79 Å². The van der Waals surface area contributed by atoms with Gasteiger partial charge < -0.3 is 20.1 Å². The molecule has 0 aromatic heterocycles. The molecule has 0 spiro atoms. The summed E-state index contributed by atoms with van der Waals surface area (Å²) in [6.45, 7) is 4.73. The SMILES string of the molecule is CN(C)CCN(CC(=O)Nc1ccc(Oc2ccccc2)cc1)C1CCN(Cc2ccc(C(=O)O)cc2)CC1. The average molecular weight is 531 g/mol. The molecule has 3 aromatic carbocycles. The minimum atomic E-state index is -0.904. The number of hydrogen-bond donors (Lipinski definition) is 2. The van der Waals surface area contributed by atoms with Crippen molar-refractivity contribution in [3.05, 3.63) is 90.0 Å². The van der Waals surface area contributed by atoms with Gasteiger partial charge in [0.15, 0.2) is 0 Å². The van der Waals surface area contributed by atoms with E-state index < -0.39 is 5.97 Å². The molecule has 0 atom stereocenters. The zero-order valence-electron chi connectivity index (χ0n) is 22.8. The number of rotatable bonds is 12. The Balaban J connectivity index is 1.28. The second-order valence-corrected chi connectivity index (χ2v) is 10.3. The van der Waals surface area contributed by atoms with Crippen molar-refractivity contribution >= 4 is 17.6 Å². The summed E-state index contributed by atoms with van der Waals surface area (Å²) < 4.78 is 5.84. The maximum atomic E-state index is 13.0. The molecule has 3 aromatic rings. The summed E-state index contributed by atoms with van der Waals surface area (Å²) in [6.07, 6.45) is 1.97.